The number of aryl methyl sites for hydroxylation is 1. The summed E-state index contributed by atoms with van der Waals surface area (Å²) in [6.07, 6.45) is 14.9. The minimum Gasteiger partial charge on any atom is -0.384 e. The zero-order valence-corrected chi connectivity index (χ0v) is 51.2. The predicted octanol–water partition coefficient (Wildman–Crippen LogP) is 10.1. The first kappa shape index (κ1) is 73.8. The van der Waals surface area contributed by atoms with E-state index < -0.39 is 0 Å². The highest BCUT2D eigenvalue weighted by molar-refractivity contribution is 5.97. The number of amidine groups is 2. The Kier molecular flexibility index (Phi) is 31.2. The highest BCUT2D eigenvalue weighted by Gasteiger charge is 2.25. The van der Waals surface area contributed by atoms with Gasteiger partial charge < -0.3 is 62.8 Å². The number of aromatic nitrogens is 8. The van der Waals surface area contributed by atoms with Crippen molar-refractivity contribution < 1.29 is 9.59 Å². The second kappa shape index (κ2) is 33.9. The van der Waals surface area contributed by atoms with Crippen LogP contribution < -0.4 is 38.7 Å². The van der Waals surface area contributed by atoms with Gasteiger partial charge in [-0.25, -0.2) is 34.9 Å². The van der Waals surface area contributed by atoms with E-state index in [1.807, 2.05) is 34.0 Å². The number of carbonyl (C=O) groups is 2. The fraction of sp³-hybridized carbons (Fsp3) is 0.483. The average molecular weight is 1110 g/mol. The molecule has 22 nitrogen and oxygen atoms in total. The number of nitrogen functional groups attached to an aromatic ring is 1. The van der Waals surface area contributed by atoms with Crippen molar-refractivity contribution in [2.75, 3.05) is 5.73 Å². The Balaban J connectivity index is 0. The standard InChI is InChI=1S/C10H17N3.C9H15N3.C9H14N2O.C6H6N4O.C6H8N2O.C5H5N5.3C4H10.CH4/c1-7-6-13(10(3,4)5)8(2)12-9(7)11;1-7-11-8(10)5-6-12(7)9(2,3)4;1-7-10-8(12)5-6-11(7)9(2,3)4;1-3-9-5-4(6(11)10-3)7-2-8-5;1-4-3-7-5(2)8-6(4)9;6-4-3-5(9-1-7-3)10-2-8-4;3*1-4(2)3;/h6H,2H2,1,3-5H3,(H2,11,12);5-6H,1H2,2-4H3,(H2,10,11);5-6H,1H2,2-4H3,(H,10,12);2H,1H3,(H2,7,8,9,10,11);3,7H,2H2,1H3,(H,8,9);1-2H,(H3,6,7,8,9,10);3*4H,1-3H3;1H4. The first-order valence-corrected chi connectivity index (χ1v) is 25.9. The third kappa shape index (κ3) is 28.9. The van der Waals surface area contributed by atoms with Crippen molar-refractivity contribution in [2.24, 2.45) is 39.2 Å². The summed E-state index contributed by atoms with van der Waals surface area (Å²) in [5, 5.41) is 7.93. The molecule has 0 unspecified atom stereocenters. The number of aromatic amines is 3. The molecule has 0 atom stereocenters. The summed E-state index contributed by atoms with van der Waals surface area (Å²) in [7, 11) is 0. The molecule has 0 bridgehead atoms. The van der Waals surface area contributed by atoms with E-state index in [1.54, 1.807) is 32.3 Å². The van der Waals surface area contributed by atoms with Crippen LogP contribution in [0.3, 0.4) is 0 Å². The van der Waals surface area contributed by atoms with Crippen molar-refractivity contribution in [3.05, 3.63) is 133 Å². The summed E-state index contributed by atoms with van der Waals surface area (Å²) in [6.45, 7) is 58.6. The Labute approximate surface area is 477 Å². The lowest BCUT2D eigenvalue weighted by molar-refractivity contribution is -0.117. The maximum Gasteiger partial charge on any atom is 0.276 e. The molecule has 80 heavy (non-hydrogen) atoms. The summed E-state index contributed by atoms with van der Waals surface area (Å²) in [5.74, 6) is 6.96. The van der Waals surface area contributed by atoms with Gasteiger partial charge in [-0.1, -0.05) is 96.1 Å². The molecule has 8 heterocycles. The van der Waals surface area contributed by atoms with Crippen molar-refractivity contribution in [2.45, 2.75) is 169 Å². The van der Waals surface area contributed by atoms with Crippen molar-refractivity contribution in [1.82, 2.24) is 70.5 Å². The van der Waals surface area contributed by atoms with Crippen LogP contribution >= 0.6 is 0 Å². The van der Waals surface area contributed by atoms with Gasteiger partial charge in [0.25, 0.3) is 17.4 Å². The van der Waals surface area contributed by atoms with Crippen LogP contribution in [0.15, 0.2) is 131 Å². The third-order valence-corrected chi connectivity index (χ3v) is 9.04. The Bertz CT molecular complexity index is 2880. The van der Waals surface area contributed by atoms with Crippen LogP contribution in [-0.2, 0) is 9.59 Å². The molecule has 0 aromatic carbocycles. The number of nitrogens with zero attached hydrogens (tertiary/aromatic N) is 10. The summed E-state index contributed by atoms with van der Waals surface area (Å²) < 4.78 is 0. The SMILES string of the molecule is C.C=C1N=C(N)C(C)=CN1C(C)(C)C.C=C1N=C(N)C=CN1C(C)(C)C.C=C1NC(=O)C=CN1C(C)(C)C.C=C1NC=C(C)C(=O)N1.CC(C)C.CC(C)C.CC(C)C.Cc1nc2nc[nH]c2c(=O)[nH]1.Nc1ncnc2nc[nH]c12. The monoisotopic (exact) mass is 1110 g/mol. The lowest BCUT2D eigenvalue weighted by atomic mass is 10.1. The lowest BCUT2D eigenvalue weighted by Crippen LogP contribution is -2.44. The molecule has 0 radical (unpaired) electrons. The topological polar surface area (TPSA) is 312 Å². The molecule has 444 valence electrons. The van der Waals surface area contributed by atoms with E-state index in [9.17, 15) is 14.4 Å². The smallest absolute Gasteiger partial charge is 0.276 e. The number of H-pyrrole nitrogens is 3. The molecule has 4 aromatic heterocycles. The zero-order chi connectivity index (χ0) is 61.3. The molecular formula is C58H99N19O3. The number of hydrogen-bond acceptors (Lipinski definition) is 17. The van der Waals surface area contributed by atoms with E-state index in [0.29, 0.717) is 74.5 Å². The van der Waals surface area contributed by atoms with Gasteiger partial charge in [0.05, 0.1) is 12.7 Å². The summed E-state index contributed by atoms with van der Waals surface area (Å²) in [5.41, 5.74) is 20.3. The number of nitrogens with two attached hydrogens (primary N) is 3. The molecule has 0 spiro atoms. The normalized spacial score (nSPS) is 14.6. The number of anilines is 1. The number of amides is 2. The Hall–Kier alpha value is -8.30. The zero-order valence-electron chi connectivity index (χ0n) is 51.2. The molecule has 0 saturated carbocycles. The molecule has 0 aliphatic carbocycles. The van der Waals surface area contributed by atoms with Gasteiger partial charge >= 0.3 is 0 Å². The molecule has 4 aliphatic rings. The third-order valence-electron chi connectivity index (χ3n) is 9.04. The Morgan fingerprint density at radius 2 is 1.06 bits per heavy atom. The number of fused-ring (bicyclic) bond motifs is 2. The predicted molar refractivity (Wildman–Crippen MR) is 333 cm³/mol. The van der Waals surface area contributed by atoms with E-state index in [4.69, 9.17) is 17.2 Å². The number of rotatable bonds is 0. The van der Waals surface area contributed by atoms with Crippen LogP contribution in [0.2, 0.25) is 0 Å². The molecule has 2 amide bonds. The van der Waals surface area contributed by atoms with E-state index in [-0.39, 0.29) is 41.4 Å². The number of hydrogen-bond donors (Lipinski definition) is 9. The summed E-state index contributed by atoms with van der Waals surface area (Å²) in [6, 6.07) is 0. The van der Waals surface area contributed by atoms with E-state index in [0.717, 1.165) is 23.3 Å². The maximum absolute atomic E-state index is 11.1. The summed E-state index contributed by atoms with van der Waals surface area (Å²) in [4.78, 5) is 74.3. The van der Waals surface area contributed by atoms with Crippen molar-refractivity contribution in [3.63, 3.8) is 0 Å². The van der Waals surface area contributed by atoms with Crippen molar-refractivity contribution >= 4 is 51.6 Å². The molecule has 12 N–H and O–H groups in total. The van der Waals surface area contributed by atoms with Crippen LogP contribution in [0.4, 0.5) is 5.82 Å². The van der Waals surface area contributed by atoms with Crippen LogP contribution in [0.5, 0.6) is 0 Å². The van der Waals surface area contributed by atoms with Gasteiger partial charge in [0.15, 0.2) is 22.6 Å². The first-order valence-electron chi connectivity index (χ1n) is 25.9. The molecule has 4 aromatic rings. The lowest BCUT2D eigenvalue weighted by Gasteiger charge is -2.37. The molecule has 4 aliphatic heterocycles. The van der Waals surface area contributed by atoms with Crippen LogP contribution in [0.25, 0.3) is 22.3 Å². The van der Waals surface area contributed by atoms with Gasteiger partial charge in [-0.15, -0.1) is 0 Å². The second-order valence-corrected chi connectivity index (χ2v) is 23.1. The van der Waals surface area contributed by atoms with Gasteiger partial charge in [-0.2, -0.15) is 0 Å². The quantitative estimate of drug-likeness (QED) is 0.0791. The number of nitrogens with one attached hydrogen (secondary N) is 6. The summed E-state index contributed by atoms with van der Waals surface area (Å²) >= 11 is 0. The second-order valence-electron chi connectivity index (χ2n) is 23.1. The van der Waals surface area contributed by atoms with E-state index in [2.05, 4.69) is 217 Å². The van der Waals surface area contributed by atoms with Crippen LogP contribution in [0, 0.1) is 24.7 Å². The van der Waals surface area contributed by atoms with E-state index >= 15 is 0 Å². The number of imidazole rings is 2. The fourth-order valence-electron chi connectivity index (χ4n) is 5.66. The molecule has 8 rings (SSSR count). The molecule has 22 heteroatoms. The maximum atomic E-state index is 11.1. The average Bonchev–Trinajstić information content (AvgIpc) is 3.97. The molecular weight excluding hydrogens is 1010 g/mol. The van der Waals surface area contributed by atoms with Gasteiger partial charge in [0, 0.05) is 58.6 Å². The van der Waals surface area contributed by atoms with Crippen LogP contribution in [0.1, 0.15) is 152 Å². The number of carbonyl (C=O) groups excluding carboxylic acids is 2. The minimum absolute atomic E-state index is 0. The Morgan fingerprint density at radius 3 is 1.51 bits per heavy atom. The van der Waals surface area contributed by atoms with Crippen LogP contribution in [-0.4, -0.2) is 94.7 Å². The fourth-order valence-corrected chi connectivity index (χ4v) is 5.66. The van der Waals surface area contributed by atoms with Crippen molar-refractivity contribution in [1.29, 1.82) is 0 Å². The van der Waals surface area contributed by atoms with Crippen molar-refractivity contribution in [3.8, 4) is 0 Å². The molecule has 0 fully saturated rings. The largest absolute Gasteiger partial charge is 0.384 e. The first-order chi connectivity index (χ1) is 36.2. The van der Waals surface area contributed by atoms with Gasteiger partial charge in [0.2, 0.25) is 0 Å². The molecule has 0 saturated heterocycles. The highest BCUT2D eigenvalue weighted by atomic mass is 16.2. The Morgan fingerprint density at radius 1 is 0.588 bits per heavy atom. The minimum atomic E-state index is -0.176. The highest BCUT2D eigenvalue weighted by Crippen LogP contribution is 2.25. The van der Waals surface area contributed by atoms with Gasteiger partial charge in [-0.3, -0.25) is 14.4 Å². The van der Waals surface area contributed by atoms with E-state index in [1.165, 1.54) is 25.1 Å². The van der Waals surface area contributed by atoms with Gasteiger partial charge in [0.1, 0.15) is 52.6 Å². The number of aliphatic imine (C=N–C) groups is 2. The van der Waals surface area contributed by atoms with Gasteiger partial charge in [-0.05, 0) is 107 Å².